The van der Waals surface area contributed by atoms with Crippen molar-refractivity contribution in [1.29, 1.82) is 0 Å². The van der Waals surface area contributed by atoms with Crippen molar-refractivity contribution < 1.29 is 9.53 Å². The highest BCUT2D eigenvalue weighted by Crippen LogP contribution is 2.14. The highest BCUT2D eigenvalue weighted by molar-refractivity contribution is 5.92. The van der Waals surface area contributed by atoms with Crippen molar-refractivity contribution in [1.82, 2.24) is 15.1 Å². The molecular weight excluding hydrogens is 256 g/mol. The summed E-state index contributed by atoms with van der Waals surface area (Å²) in [6.07, 6.45) is 3.10. The number of hydrogen-bond acceptors (Lipinski definition) is 4. The van der Waals surface area contributed by atoms with E-state index in [0.29, 0.717) is 18.7 Å². The van der Waals surface area contributed by atoms with Crippen LogP contribution < -0.4 is 11.1 Å². The first-order valence-electron chi connectivity index (χ1n) is 6.35. The summed E-state index contributed by atoms with van der Waals surface area (Å²) in [7, 11) is 1.67. The first kappa shape index (κ1) is 14.2. The predicted octanol–water partition coefficient (Wildman–Crippen LogP) is 0.707. The maximum atomic E-state index is 11.1. The minimum Gasteiger partial charge on any atom is -0.383 e. The molecule has 0 bridgehead atoms. The van der Waals surface area contributed by atoms with Crippen LogP contribution in [0.1, 0.15) is 15.9 Å². The van der Waals surface area contributed by atoms with E-state index in [1.807, 2.05) is 24.3 Å². The molecule has 3 N–H and O–H groups in total. The average molecular weight is 274 g/mol. The van der Waals surface area contributed by atoms with Crippen LogP contribution in [0.25, 0.3) is 5.69 Å². The molecular formula is C14H18N4O2. The smallest absolute Gasteiger partial charge is 0.251 e. The molecule has 0 atom stereocenters. The van der Waals surface area contributed by atoms with Gasteiger partial charge in [-0.15, -0.1) is 0 Å². The molecule has 0 spiro atoms. The number of nitrogens with two attached hydrogens (primary N) is 1. The molecule has 2 aromatic rings. The summed E-state index contributed by atoms with van der Waals surface area (Å²) in [5, 5.41) is 7.46. The maximum absolute atomic E-state index is 11.1. The van der Waals surface area contributed by atoms with Crippen molar-refractivity contribution in [2.75, 3.05) is 20.3 Å². The van der Waals surface area contributed by atoms with E-state index in [-0.39, 0.29) is 0 Å². The van der Waals surface area contributed by atoms with E-state index in [9.17, 15) is 4.79 Å². The second-order valence-corrected chi connectivity index (χ2v) is 4.34. The molecule has 0 aliphatic heterocycles. The van der Waals surface area contributed by atoms with Gasteiger partial charge in [0.05, 0.1) is 24.1 Å². The minimum atomic E-state index is -0.480. The zero-order valence-electron chi connectivity index (χ0n) is 11.4. The van der Waals surface area contributed by atoms with Gasteiger partial charge in [0.1, 0.15) is 0 Å². The maximum Gasteiger partial charge on any atom is 0.251 e. The van der Waals surface area contributed by atoms with Crippen molar-refractivity contribution in [2.45, 2.75) is 6.54 Å². The number of amides is 1. The second kappa shape index (κ2) is 6.83. The van der Waals surface area contributed by atoms with Crippen LogP contribution in [0.3, 0.4) is 0 Å². The number of para-hydroxylation sites is 1. The van der Waals surface area contributed by atoms with Gasteiger partial charge in [-0.1, -0.05) is 18.2 Å². The molecule has 0 fully saturated rings. The van der Waals surface area contributed by atoms with E-state index in [4.69, 9.17) is 10.5 Å². The number of nitrogens with one attached hydrogen (secondary N) is 1. The Kier molecular flexibility index (Phi) is 4.86. The Labute approximate surface area is 117 Å². The van der Waals surface area contributed by atoms with E-state index < -0.39 is 5.91 Å². The number of carbonyl (C=O) groups is 1. The number of primary amides is 1. The fraction of sp³-hybridized carbons (Fsp3) is 0.286. The predicted molar refractivity (Wildman–Crippen MR) is 75.7 cm³/mol. The van der Waals surface area contributed by atoms with E-state index >= 15 is 0 Å². The molecule has 1 aromatic carbocycles. The molecule has 0 aliphatic rings. The van der Waals surface area contributed by atoms with Crippen LogP contribution in [-0.4, -0.2) is 35.9 Å². The Balaban J connectivity index is 2.16. The summed E-state index contributed by atoms with van der Waals surface area (Å²) in [4.78, 5) is 11.1. The Morgan fingerprint density at radius 3 is 2.95 bits per heavy atom. The lowest BCUT2D eigenvalue weighted by Gasteiger charge is -2.10. The van der Waals surface area contributed by atoms with E-state index in [1.54, 1.807) is 18.0 Å². The van der Waals surface area contributed by atoms with Gasteiger partial charge in [-0.2, -0.15) is 5.10 Å². The number of aromatic nitrogens is 2. The third-order valence-electron chi connectivity index (χ3n) is 2.90. The third kappa shape index (κ3) is 3.43. The number of hydrogen-bond donors (Lipinski definition) is 2. The molecule has 6 nitrogen and oxygen atoms in total. The molecule has 0 aliphatic carbocycles. The molecule has 1 aromatic heterocycles. The van der Waals surface area contributed by atoms with Crippen LogP contribution in [-0.2, 0) is 11.3 Å². The molecule has 20 heavy (non-hydrogen) atoms. The molecule has 0 radical (unpaired) electrons. The van der Waals surface area contributed by atoms with Crippen LogP contribution in [0.5, 0.6) is 0 Å². The lowest BCUT2D eigenvalue weighted by atomic mass is 10.2. The van der Waals surface area contributed by atoms with Gasteiger partial charge in [0, 0.05) is 26.4 Å². The summed E-state index contributed by atoms with van der Waals surface area (Å²) in [6, 6.07) is 7.86. The fourth-order valence-corrected chi connectivity index (χ4v) is 1.86. The Hall–Kier alpha value is -2.18. The van der Waals surface area contributed by atoms with Crippen molar-refractivity contribution in [2.24, 2.45) is 5.73 Å². The Morgan fingerprint density at radius 1 is 1.45 bits per heavy atom. The summed E-state index contributed by atoms with van der Waals surface area (Å²) < 4.78 is 6.65. The van der Waals surface area contributed by atoms with Gasteiger partial charge in [-0.05, 0) is 11.6 Å². The van der Waals surface area contributed by atoms with Crippen molar-refractivity contribution in [3.05, 3.63) is 47.8 Å². The van der Waals surface area contributed by atoms with Gasteiger partial charge in [-0.3, -0.25) is 4.79 Å². The van der Waals surface area contributed by atoms with Crippen LogP contribution in [0, 0.1) is 0 Å². The second-order valence-electron chi connectivity index (χ2n) is 4.34. The minimum absolute atomic E-state index is 0.396. The Morgan fingerprint density at radius 2 is 2.25 bits per heavy atom. The summed E-state index contributed by atoms with van der Waals surface area (Å²) >= 11 is 0. The quantitative estimate of drug-likeness (QED) is 0.728. The van der Waals surface area contributed by atoms with E-state index in [0.717, 1.165) is 17.8 Å². The van der Waals surface area contributed by atoms with Gasteiger partial charge in [-0.25, -0.2) is 4.68 Å². The molecule has 6 heteroatoms. The molecule has 2 rings (SSSR count). The molecule has 0 saturated heterocycles. The third-order valence-corrected chi connectivity index (χ3v) is 2.90. The van der Waals surface area contributed by atoms with Gasteiger partial charge in [0.25, 0.3) is 5.91 Å². The first-order valence-corrected chi connectivity index (χ1v) is 6.35. The first-order chi connectivity index (χ1) is 9.72. The lowest BCUT2D eigenvalue weighted by Crippen LogP contribution is -2.19. The van der Waals surface area contributed by atoms with Gasteiger partial charge in [0.15, 0.2) is 0 Å². The number of rotatable bonds is 7. The average Bonchev–Trinajstić information content (AvgIpc) is 2.94. The number of methoxy groups -OCH3 is 1. The van der Waals surface area contributed by atoms with Gasteiger partial charge in [0.2, 0.25) is 0 Å². The molecule has 1 heterocycles. The van der Waals surface area contributed by atoms with Crippen molar-refractivity contribution >= 4 is 5.91 Å². The van der Waals surface area contributed by atoms with Crippen LogP contribution in [0.4, 0.5) is 0 Å². The largest absolute Gasteiger partial charge is 0.383 e. The van der Waals surface area contributed by atoms with Crippen LogP contribution in [0.2, 0.25) is 0 Å². The molecule has 0 unspecified atom stereocenters. The van der Waals surface area contributed by atoms with E-state index in [1.165, 1.54) is 6.20 Å². The zero-order valence-corrected chi connectivity index (χ0v) is 11.4. The fourth-order valence-electron chi connectivity index (χ4n) is 1.86. The van der Waals surface area contributed by atoms with Crippen LogP contribution in [0.15, 0.2) is 36.7 Å². The summed E-state index contributed by atoms with van der Waals surface area (Å²) in [5.74, 6) is -0.480. The van der Waals surface area contributed by atoms with Crippen molar-refractivity contribution in [3.8, 4) is 5.69 Å². The van der Waals surface area contributed by atoms with Gasteiger partial charge >= 0.3 is 0 Å². The highest BCUT2D eigenvalue weighted by atomic mass is 16.5. The molecule has 106 valence electrons. The topological polar surface area (TPSA) is 82.2 Å². The van der Waals surface area contributed by atoms with Gasteiger partial charge < -0.3 is 15.8 Å². The van der Waals surface area contributed by atoms with E-state index in [2.05, 4.69) is 10.4 Å². The van der Waals surface area contributed by atoms with Crippen molar-refractivity contribution in [3.63, 3.8) is 0 Å². The number of nitrogens with zero attached hydrogens (tertiary/aromatic N) is 2. The Bertz CT molecular complexity index is 580. The summed E-state index contributed by atoms with van der Waals surface area (Å²) in [5.41, 5.74) is 7.64. The SMILES string of the molecule is COCCNCc1ccccc1-n1cc(C(N)=O)cn1. The highest BCUT2D eigenvalue weighted by Gasteiger charge is 2.08. The molecule has 1 amide bonds. The number of ether oxygens (including phenoxy) is 1. The lowest BCUT2D eigenvalue weighted by molar-refractivity contribution is 0.100. The molecule has 0 saturated carbocycles. The standard InChI is InChI=1S/C14H18N4O2/c1-20-7-6-16-8-11-4-2-3-5-13(11)18-10-12(9-17-18)14(15)19/h2-5,9-10,16H,6-8H2,1H3,(H2,15,19). The number of carbonyl (C=O) groups excluding carboxylic acids is 1. The monoisotopic (exact) mass is 274 g/mol. The number of benzene rings is 1. The normalized spacial score (nSPS) is 10.7. The zero-order chi connectivity index (χ0) is 14.4. The van der Waals surface area contributed by atoms with Crippen LogP contribution >= 0.6 is 0 Å². The summed E-state index contributed by atoms with van der Waals surface area (Å²) in [6.45, 7) is 2.14.